The van der Waals surface area contributed by atoms with Gasteiger partial charge in [-0.1, -0.05) is 30.3 Å². The summed E-state index contributed by atoms with van der Waals surface area (Å²) >= 11 is 0. The number of carbonyl (C=O) groups excluding carboxylic acids is 1. The zero-order valence-electron chi connectivity index (χ0n) is 14.0. The van der Waals surface area contributed by atoms with Gasteiger partial charge in [0.25, 0.3) is 5.91 Å². The largest absolute Gasteiger partial charge is 0.467 e. The van der Waals surface area contributed by atoms with Crippen LogP contribution in [0.25, 0.3) is 22.3 Å². The Kier molecular flexibility index (Phi) is 4.20. The van der Waals surface area contributed by atoms with Gasteiger partial charge < -0.3 is 4.42 Å². The number of hydrogen-bond donors (Lipinski definition) is 1. The number of nitrogens with zero attached hydrogens (tertiary/aromatic N) is 3. The Morgan fingerprint density at radius 1 is 1.23 bits per heavy atom. The van der Waals surface area contributed by atoms with E-state index in [0.717, 1.165) is 11.3 Å². The molecule has 3 heterocycles. The van der Waals surface area contributed by atoms with E-state index in [-0.39, 0.29) is 5.91 Å². The number of aromatic nitrogens is 3. The topological polar surface area (TPSA) is 82.2 Å². The third kappa shape index (κ3) is 2.96. The minimum Gasteiger partial charge on any atom is -0.467 e. The normalized spacial score (nSPS) is 11.0. The summed E-state index contributed by atoms with van der Waals surface area (Å²) in [5.41, 5.74) is 5.00. The minimum atomic E-state index is -0.352. The third-order valence-corrected chi connectivity index (χ3v) is 4.00. The molecule has 3 aromatic heterocycles. The van der Waals surface area contributed by atoms with E-state index >= 15 is 0 Å². The fourth-order valence-corrected chi connectivity index (χ4v) is 2.81. The average molecular weight is 348 g/mol. The quantitative estimate of drug-likeness (QED) is 0.561. The Balaban J connectivity index is 1.88. The highest BCUT2D eigenvalue weighted by atomic mass is 16.6. The maximum atomic E-state index is 12.4. The molecule has 7 nitrogen and oxygen atoms in total. The van der Waals surface area contributed by atoms with Crippen molar-refractivity contribution in [1.82, 2.24) is 20.2 Å². The van der Waals surface area contributed by atoms with Crippen molar-refractivity contribution in [3.63, 3.8) is 0 Å². The Hall–Kier alpha value is -3.45. The molecule has 130 valence electrons. The molecule has 0 aliphatic carbocycles. The van der Waals surface area contributed by atoms with Crippen LogP contribution in [-0.2, 0) is 11.4 Å². The van der Waals surface area contributed by atoms with Gasteiger partial charge in [-0.05, 0) is 18.2 Å². The number of pyridine rings is 1. The number of hydroxylamine groups is 1. The van der Waals surface area contributed by atoms with E-state index < -0.39 is 0 Å². The first-order valence-corrected chi connectivity index (χ1v) is 8.04. The maximum Gasteiger partial charge on any atom is 0.275 e. The standard InChI is InChI=1S/C19H16N4O3/c1-25-22-19(24)15-10-17(13-6-3-2-4-7-13)21-18-16(15)11-20-23(18)12-14-8-5-9-26-14/h2-11H,12H2,1H3,(H,22,24). The van der Waals surface area contributed by atoms with Gasteiger partial charge in [0.15, 0.2) is 5.65 Å². The van der Waals surface area contributed by atoms with Crippen molar-refractivity contribution in [3.05, 3.63) is 72.3 Å². The van der Waals surface area contributed by atoms with E-state index in [1.807, 2.05) is 42.5 Å². The summed E-state index contributed by atoms with van der Waals surface area (Å²) in [4.78, 5) is 22.0. The van der Waals surface area contributed by atoms with Crippen molar-refractivity contribution in [2.75, 3.05) is 7.11 Å². The van der Waals surface area contributed by atoms with Gasteiger partial charge in [-0.25, -0.2) is 15.1 Å². The number of rotatable bonds is 5. The summed E-state index contributed by atoms with van der Waals surface area (Å²) < 4.78 is 7.11. The van der Waals surface area contributed by atoms with Crippen molar-refractivity contribution in [2.45, 2.75) is 6.54 Å². The average Bonchev–Trinajstić information content (AvgIpc) is 3.32. The lowest BCUT2D eigenvalue weighted by atomic mass is 10.1. The molecule has 1 amide bonds. The molecule has 0 saturated heterocycles. The summed E-state index contributed by atoms with van der Waals surface area (Å²) in [5.74, 6) is 0.402. The smallest absolute Gasteiger partial charge is 0.275 e. The molecule has 0 aliphatic rings. The maximum absolute atomic E-state index is 12.4. The fraction of sp³-hybridized carbons (Fsp3) is 0.105. The first kappa shape index (κ1) is 16.0. The molecular formula is C19H16N4O3. The van der Waals surface area contributed by atoms with Gasteiger partial charge in [0.1, 0.15) is 12.3 Å². The summed E-state index contributed by atoms with van der Waals surface area (Å²) in [5, 5.41) is 5.03. The van der Waals surface area contributed by atoms with Crippen LogP contribution in [0.2, 0.25) is 0 Å². The van der Waals surface area contributed by atoms with Gasteiger partial charge >= 0.3 is 0 Å². The van der Waals surface area contributed by atoms with Crippen molar-refractivity contribution in [2.24, 2.45) is 0 Å². The molecule has 7 heteroatoms. The molecule has 4 rings (SSSR count). The van der Waals surface area contributed by atoms with Gasteiger partial charge in [-0.3, -0.25) is 9.63 Å². The van der Waals surface area contributed by atoms with E-state index in [1.165, 1.54) is 7.11 Å². The number of nitrogens with one attached hydrogen (secondary N) is 1. The zero-order chi connectivity index (χ0) is 17.9. The van der Waals surface area contributed by atoms with Crippen molar-refractivity contribution < 1.29 is 14.0 Å². The van der Waals surface area contributed by atoms with Crippen molar-refractivity contribution in [1.29, 1.82) is 0 Å². The predicted molar refractivity (Wildman–Crippen MR) is 95.2 cm³/mol. The second-order valence-corrected chi connectivity index (χ2v) is 5.68. The Morgan fingerprint density at radius 2 is 2.08 bits per heavy atom. The number of furan rings is 1. The molecule has 26 heavy (non-hydrogen) atoms. The fourth-order valence-electron chi connectivity index (χ4n) is 2.81. The van der Waals surface area contributed by atoms with Gasteiger partial charge in [-0.15, -0.1) is 0 Å². The lowest BCUT2D eigenvalue weighted by Gasteiger charge is -2.08. The van der Waals surface area contributed by atoms with Crippen molar-refractivity contribution >= 4 is 16.9 Å². The molecule has 1 aromatic carbocycles. The number of hydrogen-bond acceptors (Lipinski definition) is 5. The molecule has 0 aliphatic heterocycles. The number of fused-ring (bicyclic) bond motifs is 1. The summed E-state index contributed by atoms with van der Waals surface area (Å²) in [7, 11) is 1.40. The van der Waals surface area contributed by atoms with E-state index in [2.05, 4.69) is 10.6 Å². The third-order valence-electron chi connectivity index (χ3n) is 4.00. The van der Waals surface area contributed by atoms with Gasteiger partial charge in [0.05, 0.1) is 36.2 Å². The molecule has 0 fully saturated rings. The van der Waals surface area contributed by atoms with Crippen LogP contribution in [-0.4, -0.2) is 27.8 Å². The summed E-state index contributed by atoms with van der Waals surface area (Å²) in [6.07, 6.45) is 3.24. The minimum absolute atomic E-state index is 0.352. The lowest BCUT2D eigenvalue weighted by Crippen LogP contribution is -2.22. The van der Waals surface area contributed by atoms with Crippen LogP contribution in [0.3, 0.4) is 0 Å². The van der Waals surface area contributed by atoms with Crippen LogP contribution in [0.1, 0.15) is 16.1 Å². The molecule has 4 aromatic rings. The summed E-state index contributed by atoms with van der Waals surface area (Å²) in [6.45, 7) is 0.424. The van der Waals surface area contributed by atoms with Crippen LogP contribution >= 0.6 is 0 Å². The lowest BCUT2D eigenvalue weighted by molar-refractivity contribution is 0.0539. The van der Waals surface area contributed by atoms with Crippen LogP contribution < -0.4 is 5.48 Å². The Morgan fingerprint density at radius 3 is 2.81 bits per heavy atom. The second-order valence-electron chi connectivity index (χ2n) is 5.68. The van der Waals surface area contributed by atoms with E-state index in [1.54, 1.807) is 23.2 Å². The predicted octanol–water partition coefficient (Wildman–Crippen LogP) is 3.03. The van der Waals surface area contributed by atoms with Crippen molar-refractivity contribution in [3.8, 4) is 11.3 Å². The highest BCUT2D eigenvalue weighted by molar-refractivity contribution is 6.06. The highest BCUT2D eigenvalue weighted by Crippen LogP contribution is 2.25. The number of benzene rings is 1. The van der Waals surface area contributed by atoms with Crippen LogP contribution in [0.5, 0.6) is 0 Å². The molecule has 1 N–H and O–H groups in total. The molecule has 0 bridgehead atoms. The molecule has 0 saturated carbocycles. The molecule has 0 spiro atoms. The zero-order valence-corrected chi connectivity index (χ0v) is 14.0. The second kappa shape index (κ2) is 6.81. The monoisotopic (exact) mass is 348 g/mol. The van der Waals surface area contributed by atoms with E-state index in [4.69, 9.17) is 14.2 Å². The SMILES string of the molecule is CONC(=O)c1cc(-c2ccccc2)nc2c1cnn2Cc1ccco1. The number of amides is 1. The molecule has 0 radical (unpaired) electrons. The van der Waals surface area contributed by atoms with Crippen LogP contribution in [0, 0.1) is 0 Å². The Bertz CT molecular complexity index is 1040. The van der Waals surface area contributed by atoms with Gasteiger partial charge in [0, 0.05) is 5.56 Å². The number of carbonyl (C=O) groups is 1. The van der Waals surface area contributed by atoms with Crippen LogP contribution in [0.4, 0.5) is 0 Å². The Labute approximate surface area is 149 Å². The highest BCUT2D eigenvalue weighted by Gasteiger charge is 2.18. The molecular weight excluding hydrogens is 332 g/mol. The van der Waals surface area contributed by atoms with E-state index in [0.29, 0.717) is 28.8 Å². The van der Waals surface area contributed by atoms with Gasteiger partial charge in [-0.2, -0.15) is 5.10 Å². The van der Waals surface area contributed by atoms with E-state index in [9.17, 15) is 4.79 Å². The first-order chi connectivity index (χ1) is 12.8. The summed E-state index contributed by atoms with van der Waals surface area (Å²) in [6, 6.07) is 15.1. The molecule has 0 unspecified atom stereocenters. The molecule has 0 atom stereocenters. The first-order valence-electron chi connectivity index (χ1n) is 8.04. The van der Waals surface area contributed by atoms with Crippen LogP contribution in [0.15, 0.2) is 65.4 Å². The van der Waals surface area contributed by atoms with Gasteiger partial charge in [0.2, 0.25) is 0 Å².